The van der Waals surface area contributed by atoms with Crippen molar-refractivity contribution in [3.05, 3.63) is 59.7 Å². The summed E-state index contributed by atoms with van der Waals surface area (Å²) >= 11 is 0. The number of Topliss-reactive ketones (excluding diaryl/α,β-unsaturated/α-hetero) is 2. The fourth-order valence-corrected chi connectivity index (χ4v) is 4.38. The number of rotatable bonds is 11. The second-order valence-electron chi connectivity index (χ2n) is 9.44. The Bertz CT molecular complexity index is 1420. The Hall–Kier alpha value is -3.86. The molecule has 1 N–H and O–H groups in total. The number of carbonyl (C=O) groups excluding carboxylic acids is 2. The Labute approximate surface area is 218 Å². The zero-order valence-electron chi connectivity index (χ0n) is 21.5. The van der Waals surface area contributed by atoms with E-state index in [-0.39, 0.29) is 42.2 Å². The molecule has 0 fully saturated rings. The molecule has 2 aromatic heterocycles. The van der Waals surface area contributed by atoms with Crippen molar-refractivity contribution in [2.45, 2.75) is 38.8 Å². The standard InChI is InChI=1S/C27H29F3N6O2/c1-17-15-18(6-8-20(17)23(38)9-7-19(37)5-4-13-35(2)3)34-25-26-33-16-22(36(26)14-12-32-25)21-10-11-31-24(21)27(28,29)30/h6,8,10,12,14-16H,4-5,7,9,11,13H2,1-3H3,(H,32,34). The molecule has 1 aromatic carbocycles. The van der Waals surface area contributed by atoms with E-state index in [1.165, 1.54) is 22.9 Å². The monoisotopic (exact) mass is 526 g/mol. The average molecular weight is 527 g/mol. The average Bonchev–Trinajstić information content (AvgIpc) is 3.50. The van der Waals surface area contributed by atoms with Crippen molar-refractivity contribution in [1.82, 2.24) is 19.3 Å². The molecule has 0 saturated heterocycles. The molecule has 0 atom stereocenters. The summed E-state index contributed by atoms with van der Waals surface area (Å²) in [5, 5.41) is 3.15. The number of hydrogen-bond acceptors (Lipinski definition) is 7. The number of halogens is 3. The van der Waals surface area contributed by atoms with Crippen molar-refractivity contribution in [3.63, 3.8) is 0 Å². The number of allylic oxidation sites excluding steroid dienone is 1. The highest BCUT2D eigenvalue weighted by molar-refractivity contribution is 6.27. The van der Waals surface area contributed by atoms with E-state index in [0.29, 0.717) is 29.1 Å². The van der Waals surface area contributed by atoms with Gasteiger partial charge >= 0.3 is 6.18 Å². The summed E-state index contributed by atoms with van der Waals surface area (Å²) in [6, 6.07) is 5.21. The van der Waals surface area contributed by atoms with Gasteiger partial charge in [0.05, 0.1) is 18.4 Å². The number of carbonyl (C=O) groups is 2. The quantitative estimate of drug-likeness (QED) is 0.352. The second kappa shape index (κ2) is 11.3. The highest BCUT2D eigenvalue weighted by Gasteiger charge is 2.40. The van der Waals surface area contributed by atoms with Crippen LogP contribution >= 0.6 is 0 Å². The third-order valence-corrected chi connectivity index (χ3v) is 6.25. The lowest BCUT2D eigenvalue weighted by Gasteiger charge is -2.12. The van der Waals surface area contributed by atoms with E-state index in [9.17, 15) is 22.8 Å². The van der Waals surface area contributed by atoms with Crippen LogP contribution in [0.3, 0.4) is 0 Å². The molecule has 3 heterocycles. The van der Waals surface area contributed by atoms with E-state index in [1.807, 2.05) is 25.9 Å². The number of benzene rings is 1. The molecule has 11 heteroatoms. The molecule has 0 unspecified atom stereocenters. The van der Waals surface area contributed by atoms with Gasteiger partial charge in [0.1, 0.15) is 11.5 Å². The molecule has 0 saturated carbocycles. The summed E-state index contributed by atoms with van der Waals surface area (Å²) in [6.45, 7) is 2.60. The SMILES string of the molecule is Cc1cc(Nc2nccn3c(C4=CCN=C4C(F)(F)F)cnc23)ccc1C(=O)CCC(=O)CCCN(C)C. The van der Waals surface area contributed by atoms with Gasteiger partial charge in [-0.05, 0) is 57.7 Å². The molecule has 8 nitrogen and oxygen atoms in total. The van der Waals surface area contributed by atoms with E-state index < -0.39 is 11.9 Å². The van der Waals surface area contributed by atoms with Crippen LogP contribution in [-0.4, -0.2) is 69.9 Å². The zero-order chi connectivity index (χ0) is 27.4. The van der Waals surface area contributed by atoms with Crippen LogP contribution in [0.1, 0.15) is 47.3 Å². The van der Waals surface area contributed by atoms with Crippen LogP contribution in [0.25, 0.3) is 11.2 Å². The van der Waals surface area contributed by atoms with Gasteiger partial charge in [-0.1, -0.05) is 6.08 Å². The molecule has 0 amide bonds. The topological polar surface area (TPSA) is 92.0 Å². The molecule has 0 spiro atoms. The summed E-state index contributed by atoms with van der Waals surface area (Å²) in [7, 11) is 3.91. The number of aromatic nitrogens is 3. The predicted octanol–water partition coefficient (Wildman–Crippen LogP) is 5.06. The lowest BCUT2D eigenvalue weighted by molar-refractivity contribution is -0.119. The number of anilines is 2. The van der Waals surface area contributed by atoms with E-state index in [1.54, 1.807) is 24.4 Å². The normalized spacial score (nSPS) is 13.7. The van der Waals surface area contributed by atoms with Gasteiger partial charge in [0.2, 0.25) is 0 Å². The Morgan fingerprint density at radius 2 is 1.92 bits per heavy atom. The number of nitrogens with one attached hydrogen (secondary N) is 1. The first-order valence-corrected chi connectivity index (χ1v) is 12.3. The van der Waals surface area contributed by atoms with Gasteiger partial charge in [-0.3, -0.25) is 19.0 Å². The van der Waals surface area contributed by atoms with Gasteiger partial charge in [-0.15, -0.1) is 0 Å². The maximum atomic E-state index is 13.4. The van der Waals surface area contributed by atoms with Crippen molar-refractivity contribution in [3.8, 4) is 0 Å². The summed E-state index contributed by atoms with van der Waals surface area (Å²) in [5.41, 5.74) is 1.60. The molecular formula is C27H29F3N6O2. The van der Waals surface area contributed by atoms with Crippen molar-refractivity contribution >= 4 is 40.0 Å². The van der Waals surface area contributed by atoms with Crippen LogP contribution in [0.5, 0.6) is 0 Å². The predicted molar refractivity (Wildman–Crippen MR) is 140 cm³/mol. The van der Waals surface area contributed by atoms with Gasteiger partial charge in [-0.25, -0.2) is 9.97 Å². The van der Waals surface area contributed by atoms with Crippen LogP contribution in [0.15, 0.2) is 47.9 Å². The molecule has 4 rings (SSSR count). The highest BCUT2D eigenvalue weighted by Crippen LogP contribution is 2.32. The first-order valence-electron chi connectivity index (χ1n) is 12.3. The minimum atomic E-state index is -4.56. The largest absolute Gasteiger partial charge is 0.433 e. The third-order valence-electron chi connectivity index (χ3n) is 6.25. The summed E-state index contributed by atoms with van der Waals surface area (Å²) < 4.78 is 41.7. The van der Waals surface area contributed by atoms with Crippen LogP contribution in [0, 0.1) is 6.92 Å². The first kappa shape index (κ1) is 27.2. The van der Waals surface area contributed by atoms with Crippen molar-refractivity contribution in [1.29, 1.82) is 0 Å². The lowest BCUT2D eigenvalue weighted by Crippen LogP contribution is -2.23. The number of aliphatic imine (C=N–C) groups is 1. The molecule has 1 aliphatic rings. The van der Waals surface area contributed by atoms with Gasteiger partial charge < -0.3 is 10.2 Å². The Morgan fingerprint density at radius 1 is 1.13 bits per heavy atom. The minimum Gasteiger partial charge on any atom is -0.337 e. The minimum absolute atomic E-state index is 0.0166. The van der Waals surface area contributed by atoms with Crippen LogP contribution < -0.4 is 5.32 Å². The molecule has 3 aromatic rings. The first-order chi connectivity index (χ1) is 18.0. The smallest absolute Gasteiger partial charge is 0.337 e. The molecule has 0 radical (unpaired) electrons. The number of hydrogen-bond donors (Lipinski definition) is 1. The van der Waals surface area contributed by atoms with E-state index in [2.05, 4.69) is 20.3 Å². The van der Waals surface area contributed by atoms with Crippen molar-refractivity contribution < 1.29 is 22.8 Å². The molecule has 0 aliphatic carbocycles. The number of fused-ring (bicyclic) bond motifs is 1. The summed E-state index contributed by atoms with van der Waals surface area (Å²) in [5.74, 6) is 0.334. The van der Waals surface area contributed by atoms with Crippen LogP contribution in [-0.2, 0) is 4.79 Å². The zero-order valence-corrected chi connectivity index (χ0v) is 21.5. The number of ketones is 2. The van der Waals surface area contributed by atoms with Crippen molar-refractivity contribution in [2.75, 3.05) is 32.5 Å². The Kier molecular flexibility index (Phi) is 8.05. The highest BCUT2D eigenvalue weighted by atomic mass is 19.4. The van der Waals surface area contributed by atoms with Gasteiger partial charge in [-0.2, -0.15) is 13.2 Å². The van der Waals surface area contributed by atoms with Crippen molar-refractivity contribution in [2.24, 2.45) is 4.99 Å². The fraction of sp³-hybridized carbons (Fsp3) is 0.370. The maximum Gasteiger partial charge on any atom is 0.433 e. The molecule has 1 aliphatic heterocycles. The van der Waals surface area contributed by atoms with E-state index in [0.717, 1.165) is 18.5 Å². The van der Waals surface area contributed by atoms with E-state index in [4.69, 9.17) is 0 Å². The Morgan fingerprint density at radius 3 is 2.63 bits per heavy atom. The molecular weight excluding hydrogens is 497 g/mol. The summed E-state index contributed by atoms with van der Waals surface area (Å²) in [6.07, 6.45) is 2.87. The van der Waals surface area contributed by atoms with Gasteiger partial charge in [0.25, 0.3) is 0 Å². The molecule has 200 valence electrons. The number of imidazole rings is 1. The Balaban J connectivity index is 1.46. The van der Waals surface area contributed by atoms with E-state index >= 15 is 0 Å². The number of alkyl halides is 3. The van der Waals surface area contributed by atoms with Gasteiger partial charge in [0, 0.05) is 48.5 Å². The van der Waals surface area contributed by atoms with Crippen LogP contribution in [0.2, 0.25) is 0 Å². The molecule has 38 heavy (non-hydrogen) atoms. The summed E-state index contributed by atoms with van der Waals surface area (Å²) in [4.78, 5) is 39.0. The van der Waals surface area contributed by atoms with Gasteiger partial charge in [0.15, 0.2) is 17.2 Å². The number of aryl methyl sites for hydroxylation is 1. The van der Waals surface area contributed by atoms with Crippen LogP contribution in [0.4, 0.5) is 24.7 Å². The fourth-order valence-electron chi connectivity index (χ4n) is 4.38. The third kappa shape index (κ3) is 6.16. The number of nitrogens with zero attached hydrogens (tertiary/aromatic N) is 5. The maximum absolute atomic E-state index is 13.4. The molecule has 0 bridgehead atoms. The lowest BCUT2D eigenvalue weighted by atomic mass is 9.99. The second-order valence-corrected chi connectivity index (χ2v) is 9.44.